The zero-order valence-corrected chi connectivity index (χ0v) is 18.8. The van der Waals surface area contributed by atoms with Gasteiger partial charge in [0.1, 0.15) is 17.2 Å². The number of aryl methyl sites for hydroxylation is 1. The van der Waals surface area contributed by atoms with Gasteiger partial charge in [-0.05, 0) is 63.9 Å². The summed E-state index contributed by atoms with van der Waals surface area (Å²) in [6.07, 6.45) is -5.47. The van der Waals surface area contributed by atoms with Gasteiger partial charge in [0.25, 0.3) is 0 Å². The van der Waals surface area contributed by atoms with E-state index in [0.29, 0.717) is 18.3 Å². The molecule has 1 amide bonds. The van der Waals surface area contributed by atoms with Crippen molar-refractivity contribution in [1.82, 2.24) is 15.1 Å². The van der Waals surface area contributed by atoms with E-state index in [-0.39, 0.29) is 36.0 Å². The molecule has 0 aliphatic carbocycles. The molecular formula is C22H27F3N4O4. The lowest BCUT2D eigenvalue weighted by Crippen LogP contribution is -2.52. The van der Waals surface area contributed by atoms with Crippen molar-refractivity contribution in [2.24, 2.45) is 0 Å². The molecule has 33 heavy (non-hydrogen) atoms. The van der Waals surface area contributed by atoms with E-state index in [4.69, 9.17) is 4.74 Å². The summed E-state index contributed by atoms with van der Waals surface area (Å²) in [7, 11) is 0. The zero-order chi connectivity index (χ0) is 24.6. The standard InChI is InChI=1S/C22H27F3N4O4/c1-12-7-13(22(23,24)25)8-17(31)19(12)16-5-6-18(28-27-16)26-14-9-15(30)11-29(10-14)20(32)33-21(2,3)4/h5-8,14-15,30-31H,9-11H2,1-4H3,(H,26,28)/t14-,15+/m1/s1. The minimum atomic E-state index is -4.57. The first-order valence-corrected chi connectivity index (χ1v) is 10.4. The average molecular weight is 468 g/mol. The van der Waals surface area contributed by atoms with Crippen molar-refractivity contribution in [3.63, 3.8) is 0 Å². The molecular weight excluding hydrogens is 441 g/mol. The van der Waals surface area contributed by atoms with E-state index in [2.05, 4.69) is 15.5 Å². The number of benzene rings is 1. The number of aromatic nitrogens is 2. The van der Waals surface area contributed by atoms with Crippen molar-refractivity contribution in [2.45, 2.75) is 58.0 Å². The molecule has 1 aliphatic rings. The van der Waals surface area contributed by atoms with Crippen LogP contribution < -0.4 is 5.32 Å². The Hall–Kier alpha value is -3.08. The number of piperidine rings is 1. The first-order chi connectivity index (χ1) is 15.2. The van der Waals surface area contributed by atoms with Crippen molar-refractivity contribution in [3.05, 3.63) is 35.4 Å². The molecule has 3 rings (SSSR count). The summed E-state index contributed by atoms with van der Waals surface area (Å²) in [5, 5.41) is 31.5. The van der Waals surface area contributed by atoms with Crippen molar-refractivity contribution in [2.75, 3.05) is 18.4 Å². The van der Waals surface area contributed by atoms with Crippen LogP contribution in [0.1, 0.15) is 38.3 Å². The molecule has 2 atom stereocenters. The number of amides is 1. The molecule has 2 aromatic rings. The first kappa shape index (κ1) is 24.6. The van der Waals surface area contributed by atoms with Crippen LogP contribution in [0.25, 0.3) is 11.3 Å². The number of carbonyl (C=O) groups excluding carboxylic acids is 1. The Bertz CT molecular complexity index is 983. The zero-order valence-electron chi connectivity index (χ0n) is 18.8. The number of alkyl halides is 3. The monoisotopic (exact) mass is 468 g/mol. The Kier molecular flexibility index (Phi) is 6.73. The van der Waals surface area contributed by atoms with Crippen molar-refractivity contribution in [1.29, 1.82) is 0 Å². The number of aliphatic hydroxyl groups is 1. The van der Waals surface area contributed by atoms with Gasteiger partial charge in [-0.1, -0.05) is 0 Å². The number of hydrogen-bond donors (Lipinski definition) is 3. The van der Waals surface area contributed by atoms with Gasteiger partial charge in [-0.25, -0.2) is 4.79 Å². The van der Waals surface area contributed by atoms with E-state index in [1.165, 1.54) is 17.9 Å². The summed E-state index contributed by atoms with van der Waals surface area (Å²) in [5.41, 5.74) is -1.03. The van der Waals surface area contributed by atoms with Gasteiger partial charge in [0.05, 0.1) is 23.9 Å². The van der Waals surface area contributed by atoms with Gasteiger partial charge in [0.2, 0.25) is 0 Å². The van der Waals surface area contributed by atoms with Gasteiger partial charge >= 0.3 is 12.3 Å². The number of rotatable bonds is 3. The molecule has 2 heterocycles. The predicted octanol–water partition coefficient (Wildman–Crippen LogP) is 3.96. The van der Waals surface area contributed by atoms with Crippen LogP contribution in [0.4, 0.5) is 23.8 Å². The van der Waals surface area contributed by atoms with Crippen LogP contribution in [-0.4, -0.2) is 62.2 Å². The molecule has 8 nitrogen and oxygen atoms in total. The number of β-amino-alcohol motifs (C(OH)–C–C–N with tert-alkyl or cyclic N) is 1. The third-order valence-corrected chi connectivity index (χ3v) is 4.99. The molecule has 1 saturated heterocycles. The van der Waals surface area contributed by atoms with Crippen LogP contribution in [0.5, 0.6) is 5.75 Å². The highest BCUT2D eigenvalue weighted by atomic mass is 19.4. The third-order valence-electron chi connectivity index (χ3n) is 4.99. The lowest BCUT2D eigenvalue weighted by molar-refractivity contribution is -0.137. The number of nitrogens with one attached hydrogen (secondary N) is 1. The lowest BCUT2D eigenvalue weighted by Gasteiger charge is -2.36. The second-order valence-electron chi connectivity index (χ2n) is 9.10. The topological polar surface area (TPSA) is 108 Å². The average Bonchev–Trinajstić information content (AvgIpc) is 2.66. The fourth-order valence-corrected chi connectivity index (χ4v) is 3.67. The summed E-state index contributed by atoms with van der Waals surface area (Å²) in [6, 6.07) is 4.37. The molecule has 0 unspecified atom stereocenters. The fraction of sp³-hybridized carbons (Fsp3) is 0.500. The molecule has 180 valence electrons. The highest BCUT2D eigenvalue weighted by Gasteiger charge is 2.33. The van der Waals surface area contributed by atoms with Gasteiger partial charge < -0.3 is 25.2 Å². The Morgan fingerprint density at radius 3 is 2.42 bits per heavy atom. The predicted molar refractivity (Wildman–Crippen MR) is 115 cm³/mol. The SMILES string of the molecule is Cc1cc(C(F)(F)F)cc(O)c1-c1ccc(N[C@@H]2C[C@H](O)CN(C(=O)OC(C)(C)C)C2)nn1. The summed E-state index contributed by atoms with van der Waals surface area (Å²) in [5.74, 6) is -0.188. The normalized spacial score (nSPS) is 19.3. The van der Waals surface area contributed by atoms with Gasteiger partial charge in [-0.3, -0.25) is 0 Å². The number of halogens is 3. The largest absolute Gasteiger partial charge is 0.507 e. The van der Waals surface area contributed by atoms with Crippen molar-refractivity contribution >= 4 is 11.9 Å². The highest BCUT2D eigenvalue weighted by Crippen LogP contribution is 2.38. The smallest absolute Gasteiger partial charge is 0.416 e. The van der Waals surface area contributed by atoms with Crippen LogP contribution in [0.3, 0.4) is 0 Å². The van der Waals surface area contributed by atoms with Crippen molar-refractivity contribution < 1.29 is 32.9 Å². The number of aromatic hydroxyl groups is 1. The Morgan fingerprint density at radius 2 is 1.88 bits per heavy atom. The molecule has 1 aromatic carbocycles. The summed E-state index contributed by atoms with van der Waals surface area (Å²) < 4.78 is 44.2. The van der Waals surface area contributed by atoms with Crippen LogP contribution in [-0.2, 0) is 10.9 Å². The number of ether oxygens (including phenoxy) is 1. The minimum absolute atomic E-state index is 0.157. The van der Waals surface area contributed by atoms with Crippen LogP contribution in [0.15, 0.2) is 24.3 Å². The van der Waals surface area contributed by atoms with Crippen LogP contribution >= 0.6 is 0 Å². The second kappa shape index (κ2) is 9.05. The number of anilines is 1. The van der Waals surface area contributed by atoms with E-state index in [1.807, 2.05) is 0 Å². The number of nitrogens with zero attached hydrogens (tertiary/aromatic N) is 3. The Labute approximate surface area is 189 Å². The summed E-state index contributed by atoms with van der Waals surface area (Å²) in [4.78, 5) is 13.8. The van der Waals surface area contributed by atoms with Crippen molar-refractivity contribution in [3.8, 4) is 17.0 Å². The maximum absolute atomic E-state index is 12.9. The number of likely N-dealkylation sites (tertiary alicyclic amines) is 1. The first-order valence-electron chi connectivity index (χ1n) is 10.4. The van der Waals surface area contributed by atoms with E-state index >= 15 is 0 Å². The van der Waals surface area contributed by atoms with Crippen LogP contribution in [0, 0.1) is 6.92 Å². The number of carbonyl (C=O) groups is 1. The maximum Gasteiger partial charge on any atom is 0.416 e. The number of hydrogen-bond acceptors (Lipinski definition) is 7. The Morgan fingerprint density at radius 1 is 1.18 bits per heavy atom. The van der Waals surface area contributed by atoms with E-state index in [1.54, 1.807) is 26.8 Å². The molecule has 0 saturated carbocycles. The van der Waals surface area contributed by atoms with Gasteiger partial charge in [0, 0.05) is 18.2 Å². The summed E-state index contributed by atoms with van der Waals surface area (Å²) in [6.45, 7) is 7.17. The maximum atomic E-state index is 12.9. The number of aliphatic hydroxyl groups excluding tert-OH is 1. The van der Waals surface area contributed by atoms with E-state index in [9.17, 15) is 28.2 Å². The molecule has 0 bridgehead atoms. The molecule has 3 N–H and O–H groups in total. The highest BCUT2D eigenvalue weighted by molar-refractivity contribution is 5.71. The summed E-state index contributed by atoms with van der Waals surface area (Å²) >= 11 is 0. The third kappa shape index (κ3) is 6.25. The van der Waals surface area contributed by atoms with Crippen LogP contribution in [0.2, 0.25) is 0 Å². The van der Waals surface area contributed by atoms with E-state index in [0.717, 1.165) is 6.07 Å². The Balaban J connectivity index is 1.73. The molecule has 1 fully saturated rings. The number of phenolic OH excluding ortho intramolecular Hbond substituents is 1. The molecule has 1 aromatic heterocycles. The quantitative estimate of drug-likeness (QED) is 0.626. The van der Waals surface area contributed by atoms with E-state index < -0.39 is 35.3 Å². The number of phenols is 1. The second-order valence-corrected chi connectivity index (χ2v) is 9.10. The van der Waals surface area contributed by atoms with Gasteiger partial charge in [-0.2, -0.15) is 13.2 Å². The molecule has 11 heteroatoms. The van der Waals surface area contributed by atoms with Gasteiger partial charge in [0.15, 0.2) is 0 Å². The fourth-order valence-electron chi connectivity index (χ4n) is 3.67. The van der Waals surface area contributed by atoms with Gasteiger partial charge in [-0.15, -0.1) is 10.2 Å². The minimum Gasteiger partial charge on any atom is -0.507 e. The molecule has 0 spiro atoms. The molecule has 1 aliphatic heterocycles. The molecule has 0 radical (unpaired) electrons. The lowest BCUT2D eigenvalue weighted by atomic mass is 10.0.